The third-order valence-electron chi connectivity index (χ3n) is 3.72. The quantitative estimate of drug-likeness (QED) is 0.728. The number of amides is 1. The summed E-state index contributed by atoms with van der Waals surface area (Å²) < 4.78 is 1.83. The number of carbonyl (C=O) groups excluding carboxylic acids is 1. The Hall–Kier alpha value is -2.70. The second-order valence-corrected chi connectivity index (χ2v) is 5.53. The standard InChI is InChI=1S/C16H20N6O/c1-3-8-22-16(17-10-18-22)11(2)19-15(23)9-14-12-6-4-5-7-13(12)20-21-14/h4-7,10-11H,3,8-9H2,1-2H3,(H,19,23)(H,20,21)/t11-/m0/s1. The Kier molecular flexibility index (Phi) is 4.36. The van der Waals surface area contributed by atoms with E-state index in [1.807, 2.05) is 35.9 Å². The Morgan fingerprint density at radius 3 is 3.04 bits per heavy atom. The summed E-state index contributed by atoms with van der Waals surface area (Å²) in [5.41, 5.74) is 1.69. The normalized spacial score (nSPS) is 12.4. The van der Waals surface area contributed by atoms with Crippen molar-refractivity contribution in [2.45, 2.75) is 39.3 Å². The lowest BCUT2D eigenvalue weighted by Crippen LogP contribution is -2.30. The Morgan fingerprint density at radius 1 is 1.39 bits per heavy atom. The summed E-state index contributed by atoms with van der Waals surface area (Å²) in [7, 11) is 0. The van der Waals surface area contributed by atoms with Gasteiger partial charge in [-0.15, -0.1) is 0 Å². The summed E-state index contributed by atoms with van der Waals surface area (Å²) in [6, 6.07) is 7.56. The maximum absolute atomic E-state index is 12.3. The SMILES string of the molecule is CCCn1ncnc1[C@H](C)NC(=O)Cc1[nH]nc2ccccc12. The maximum atomic E-state index is 12.3. The van der Waals surface area contributed by atoms with E-state index in [2.05, 4.69) is 32.5 Å². The average molecular weight is 312 g/mol. The Labute approximate surface area is 134 Å². The van der Waals surface area contributed by atoms with Crippen molar-refractivity contribution in [2.75, 3.05) is 0 Å². The number of H-pyrrole nitrogens is 1. The highest BCUT2D eigenvalue weighted by molar-refractivity contribution is 5.87. The first-order valence-corrected chi connectivity index (χ1v) is 7.78. The second-order valence-electron chi connectivity index (χ2n) is 5.53. The first-order chi connectivity index (χ1) is 11.2. The number of hydrogen-bond donors (Lipinski definition) is 2. The summed E-state index contributed by atoms with van der Waals surface area (Å²) in [5.74, 6) is 0.702. The Balaban J connectivity index is 1.68. The fourth-order valence-corrected chi connectivity index (χ4v) is 2.66. The molecule has 2 aromatic heterocycles. The monoisotopic (exact) mass is 312 g/mol. The molecule has 0 spiro atoms. The van der Waals surface area contributed by atoms with Crippen LogP contribution in [-0.2, 0) is 17.8 Å². The molecule has 7 nitrogen and oxygen atoms in total. The van der Waals surface area contributed by atoms with Crippen LogP contribution in [-0.4, -0.2) is 30.9 Å². The number of rotatable bonds is 6. The number of benzene rings is 1. The van der Waals surface area contributed by atoms with Gasteiger partial charge in [0.05, 0.1) is 23.7 Å². The third kappa shape index (κ3) is 3.23. The molecule has 0 saturated heterocycles. The molecule has 3 aromatic rings. The van der Waals surface area contributed by atoms with E-state index in [0.29, 0.717) is 0 Å². The molecule has 0 radical (unpaired) electrons. The van der Waals surface area contributed by atoms with Crippen LogP contribution in [0.25, 0.3) is 10.9 Å². The molecule has 1 aromatic carbocycles. The lowest BCUT2D eigenvalue weighted by molar-refractivity contribution is -0.121. The van der Waals surface area contributed by atoms with Crippen LogP contribution in [0.15, 0.2) is 30.6 Å². The topological polar surface area (TPSA) is 88.5 Å². The number of aryl methyl sites for hydroxylation is 1. The fraction of sp³-hybridized carbons (Fsp3) is 0.375. The molecule has 7 heteroatoms. The van der Waals surface area contributed by atoms with Crippen LogP contribution in [0, 0.1) is 0 Å². The molecule has 0 aliphatic rings. The van der Waals surface area contributed by atoms with Crippen molar-refractivity contribution < 1.29 is 4.79 Å². The zero-order chi connectivity index (χ0) is 16.2. The molecule has 23 heavy (non-hydrogen) atoms. The molecule has 0 aliphatic heterocycles. The lowest BCUT2D eigenvalue weighted by Gasteiger charge is -2.14. The second kappa shape index (κ2) is 6.60. The number of hydrogen-bond acceptors (Lipinski definition) is 4. The van der Waals surface area contributed by atoms with Crippen LogP contribution in [0.3, 0.4) is 0 Å². The van der Waals surface area contributed by atoms with Crippen LogP contribution in [0.2, 0.25) is 0 Å². The van der Waals surface area contributed by atoms with Crippen LogP contribution in [0.1, 0.15) is 37.8 Å². The first-order valence-electron chi connectivity index (χ1n) is 7.78. The summed E-state index contributed by atoms with van der Waals surface area (Å²) in [6.45, 7) is 4.79. The number of carbonyl (C=O) groups is 1. The number of nitrogens with one attached hydrogen (secondary N) is 2. The number of fused-ring (bicyclic) bond motifs is 1. The summed E-state index contributed by atoms with van der Waals surface area (Å²) in [4.78, 5) is 16.6. The molecule has 1 amide bonds. The van der Waals surface area contributed by atoms with E-state index in [4.69, 9.17) is 0 Å². The molecular formula is C16H20N6O. The third-order valence-corrected chi connectivity index (χ3v) is 3.72. The molecule has 0 bridgehead atoms. The van der Waals surface area contributed by atoms with E-state index < -0.39 is 0 Å². The highest BCUT2D eigenvalue weighted by atomic mass is 16.1. The van der Waals surface area contributed by atoms with Gasteiger partial charge >= 0.3 is 0 Å². The van der Waals surface area contributed by atoms with Gasteiger partial charge in [-0.1, -0.05) is 25.1 Å². The van der Waals surface area contributed by atoms with Gasteiger partial charge in [0.1, 0.15) is 12.2 Å². The van der Waals surface area contributed by atoms with E-state index in [9.17, 15) is 4.79 Å². The molecule has 2 N–H and O–H groups in total. The predicted octanol–water partition coefficient (Wildman–Crippen LogP) is 1.98. The van der Waals surface area contributed by atoms with Gasteiger partial charge in [0, 0.05) is 11.9 Å². The molecule has 120 valence electrons. The first kappa shape index (κ1) is 15.2. The van der Waals surface area contributed by atoms with E-state index in [1.54, 1.807) is 0 Å². The van der Waals surface area contributed by atoms with Gasteiger partial charge in [-0.3, -0.25) is 9.89 Å². The smallest absolute Gasteiger partial charge is 0.226 e. The van der Waals surface area contributed by atoms with Crippen molar-refractivity contribution in [3.8, 4) is 0 Å². The van der Waals surface area contributed by atoms with E-state index in [1.165, 1.54) is 6.33 Å². The molecule has 0 saturated carbocycles. The number of aromatic amines is 1. The van der Waals surface area contributed by atoms with Crippen molar-refractivity contribution in [2.24, 2.45) is 0 Å². The largest absolute Gasteiger partial charge is 0.346 e. The molecule has 0 unspecified atom stereocenters. The van der Waals surface area contributed by atoms with Crippen molar-refractivity contribution in [1.29, 1.82) is 0 Å². The van der Waals surface area contributed by atoms with Crippen LogP contribution >= 0.6 is 0 Å². The van der Waals surface area contributed by atoms with Crippen LogP contribution in [0.4, 0.5) is 0 Å². The van der Waals surface area contributed by atoms with Gasteiger partial charge in [-0.2, -0.15) is 10.2 Å². The minimum absolute atomic E-state index is 0.0713. The van der Waals surface area contributed by atoms with Gasteiger partial charge in [0.2, 0.25) is 5.91 Å². The molecule has 2 heterocycles. The molecule has 0 fully saturated rings. The van der Waals surface area contributed by atoms with Crippen molar-refractivity contribution >= 4 is 16.8 Å². The van der Waals surface area contributed by atoms with E-state index in [0.717, 1.165) is 35.4 Å². The highest BCUT2D eigenvalue weighted by Crippen LogP contribution is 2.16. The van der Waals surface area contributed by atoms with Crippen molar-refractivity contribution in [3.05, 3.63) is 42.1 Å². The van der Waals surface area contributed by atoms with Crippen molar-refractivity contribution in [3.63, 3.8) is 0 Å². The van der Waals surface area contributed by atoms with Crippen LogP contribution in [0.5, 0.6) is 0 Å². The van der Waals surface area contributed by atoms with E-state index >= 15 is 0 Å². The number of nitrogens with zero attached hydrogens (tertiary/aromatic N) is 4. The fourth-order valence-electron chi connectivity index (χ4n) is 2.66. The lowest BCUT2D eigenvalue weighted by atomic mass is 10.1. The highest BCUT2D eigenvalue weighted by Gasteiger charge is 2.17. The minimum atomic E-state index is -0.189. The number of aromatic nitrogens is 5. The zero-order valence-electron chi connectivity index (χ0n) is 13.3. The van der Waals surface area contributed by atoms with Gasteiger partial charge in [-0.05, 0) is 19.4 Å². The number of para-hydroxylation sites is 1. The minimum Gasteiger partial charge on any atom is -0.346 e. The van der Waals surface area contributed by atoms with Gasteiger partial charge in [0.25, 0.3) is 0 Å². The van der Waals surface area contributed by atoms with Crippen LogP contribution < -0.4 is 5.32 Å². The summed E-state index contributed by atoms with van der Waals surface area (Å²) in [5, 5.41) is 15.3. The van der Waals surface area contributed by atoms with Crippen molar-refractivity contribution in [1.82, 2.24) is 30.3 Å². The Bertz CT molecular complexity index is 806. The maximum Gasteiger partial charge on any atom is 0.226 e. The Morgan fingerprint density at radius 2 is 2.22 bits per heavy atom. The van der Waals surface area contributed by atoms with Gasteiger partial charge in [0.15, 0.2) is 0 Å². The molecule has 0 aliphatic carbocycles. The molecule has 1 atom stereocenters. The average Bonchev–Trinajstić information content (AvgIpc) is 3.15. The van der Waals surface area contributed by atoms with Gasteiger partial charge in [-0.25, -0.2) is 9.67 Å². The summed E-state index contributed by atoms with van der Waals surface area (Å²) >= 11 is 0. The van der Waals surface area contributed by atoms with Gasteiger partial charge < -0.3 is 5.32 Å². The summed E-state index contributed by atoms with van der Waals surface area (Å²) in [6.07, 6.45) is 2.75. The van der Waals surface area contributed by atoms with E-state index in [-0.39, 0.29) is 18.4 Å². The predicted molar refractivity (Wildman–Crippen MR) is 86.7 cm³/mol. The molecule has 3 rings (SSSR count). The zero-order valence-corrected chi connectivity index (χ0v) is 13.3. The molecular weight excluding hydrogens is 292 g/mol.